The van der Waals surface area contributed by atoms with Gasteiger partial charge in [-0.2, -0.15) is 0 Å². The highest BCUT2D eigenvalue weighted by molar-refractivity contribution is 5.76. The largest absolute Gasteiger partial charge is 0.496 e. The van der Waals surface area contributed by atoms with Gasteiger partial charge in [0.2, 0.25) is 5.91 Å². The number of methoxy groups -OCH3 is 1. The fourth-order valence-electron chi connectivity index (χ4n) is 5.13. The number of ether oxygens (including phenoxy) is 2. The van der Waals surface area contributed by atoms with Crippen LogP contribution < -0.4 is 20.1 Å². The minimum atomic E-state index is -0.313. The third-order valence-electron chi connectivity index (χ3n) is 7.54. The minimum absolute atomic E-state index is 0.102. The number of anilines is 1. The van der Waals surface area contributed by atoms with E-state index in [0.717, 1.165) is 39.7 Å². The van der Waals surface area contributed by atoms with Crippen molar-refractivity contribution in [2.45, 2.75) is 66.2 Å². The number of aryl methyl sites for hydroxylation is 2. The molecule has 8 heteroatoms. The van der Waals surface area contributed by atoms with Crippen LogP contribution in [0.1, 0.15) is 56.0 Å². The topological polar surface area (TPSA) is 93.8 Å². The predicted octanol–water partition coefficient (Wildman–Crippen LogP) is 4.86. The molecule has 0 radical (unpaired) electrons. The second kappa shape index (κ2) is 12.0. The van der Waals surface area contributed by atoms with Gasteiger partial charge in [-0.1, -0.05) is 38.1 Å². The van der Waals surface area contributed by atoms with Crippen molar-refractivity contribution >= 4 is 11.7 Å². The van der Waals surface area contributed by atoms with Gasteiger partial charge in [0.1, 0.15) is 23.9 Å². The molecular weight excluding hydrogens is 490 g/mol. The summed E-state index contributed by atoms with van der Waals surface area (Å²) in [6.07, 6.45) is 0. The number of nitrogens with two attached hydrogens (primary N) is 1. The fourth-order valence-corrected chi connectivity index (χ4v) is 5.13. The smallest absolute Gasteiger partial charge is 0.231 e. The molecule has 1 amide bonds. The molecule has 2 atom stereocenters. The van der Waals surface area contributed by atoms with Crippen LogP contribution >= 0.6 is 0 Å². The average Bonchev–Trinajstić information content (AvgIpc) is 2.90. The number of carbonyl (C=O) groups excluding carboxylic acids is 1. The Morgan fingerprint density at radius 2 is 1.79 bits per heavy atom. The fraction of sp³-hybridized carbons (Fsp3) is 0.452. The maximum absolute atomic E-state index is 11.7. The number of aromatic nitrogens is 2. The third kappa shape index (κ3) is 6.33. The molecule has 1 aromatic heterocycles. The van der Waals surface area contributed by atoms with Gasteiger partial charge < -0.3 is 20.1 Å². The molecule has 1 saturated heterocycles. The molecule has 0 aliphatic carbocycles. The molecular formula is C31H41N5O3. The van der Waals surface area contributed by atoms with Gasteiger partial charge in [0, 0.05) is 25.2 Å². The van der Waals surface area contributed by atoms with Crippen LogP contribution in [0.15, 0.2) is 42.5 Å². The van der Waals surface area contributed by atoms with E-state index in [0.29, 0.717) is 31.4 Å². The van der Waals surface area contributed by atoms with Crippen LogP contribution in [-0.2, 0) is 11.4 Å². The molecule has 1 aliphatic heterocycles. The van der Waals surface area contributed by atoms with Crippen LogP contribution in [0, 0.1) is 13.8 Å². The number of hydrogen-bond donors (Lipinski definition) is 1. The number of nitrogens with zero attached hydrogens (tertiary/aromatic N) is 4. The van der Waals surface area contributed by atoms with E-state index >= 15 is 0 Å². The Bertz CT molecular complexity index is 1330. The number of carbonyl (C=O) groups is 1. The first-order chi connectivity index (χ1) is 18.6. The lowest BCUT2D eigenvalue weighted by Crippen LogP contribution is -2.58. The van der Waals surface area contributed by atoms with Crippen molar-refractivity contribution in [2.24, 2.45) is 5.73 Å². The lowest BCUT2D eigenvalue weighted by atomic mass is 10.0. The average molecular weight is 532 g/mol. The lowest BCUT2D eigenvalue weighted by molar-refractivity contribution is -0.119. The Hall–Kier alpha value is -3.65. The summed E-state index contributed by atoms with van der Waals surface area (Å²) in [6.45, 7) is 14.7. The van der Waals surface area contributed by atoms with Gasteiger partial charge in [-0.15, -0.1) is 0 Å². The monoisotopic (exact) mass is 531 g/mol. The van der Waals surface area contributed by atoms with Crippen LogP contribution in [0.25, 0.3) is 11.4 Å². The molecule has 1 fully saturated rings. The molecule has 0 spiro atoms. The number of benzene rings is 2. The quantitative estimate of drug-likeness (QED) is 0.422. The normalized spacial score (nSPS) is 17.9. The van der Waals surface area contributed by atoms with Crippen LogP contribution in [-0.4, -0.2) is 59.6 Å². The van der Waals surface area contributed by atoms with Crippen LogP contribution in [0.2, 0.25) is 0 Å². The zero-order valence-corrected chi connectivity index (χ0v) is 24.2. The predicted molar refractivity (Wildman–Crippen MR) is 155 cm³/mol. The highest BCUT2D eigenvalue weighted by Gasteiger charge is 2.33. The first-order valence-electron chi connectivity index (χ1n) is 13.6. The van der Waals surface area contributed by atoms with Gasteiger partial charge in [-0.3, -0.25) is 9.69 Å². The van der Waals surface area contributed by atoms with Crippen molar-refractivity contribution in [1.29, 1.82) is 0 Å². The number of piperazine rings is 1. The summed E-state index contributed by atoms with van der Waals surface area (Å²) in [5.74, 6) is 3.15. The van der Waals surface area contributed by atoms with Gasteiger partial charge in [0.25, 0.3) is 0 Å². The van der Waals surface area contributed by atoms with Crippen molar-refractivity contribution in [3.8, 4) is 22.9 Å². The van der Waals surface area contributed by atoms with Crippen molar-refractivity contribution in [3.63, 3.8) is 0 Å². The van der Waals surface area contributed by atoms with E-state index in [1.165, 1.54) is 5.56 Å². The molecule has 2 aromatic carbocycles. The van der Waals surface area contributed by atoms with E-state index in [-0.39, 0.29) is 24.5 Å². The van der Waals surface area contributed by atoms with E-state index in [1.54, 1.807) is 7.11 Å². The van der Waals surface area contributed by atoms with Gasteiger partial charge in [-0.25, -0.2) is 9.97 Å². The molecule has 4 rings (SSSR count). The molecule has 0 bridgehead atoms. The molecule has 39 heavy (non-hydrogen) atoms. The number of amides is 1. The number of para-hydroxylation sites is 1. The number of rotatable bonds is 9. The summed E-state index contributed by atoms with van der Waals surface area (Å²) in [7, 11) is 1.66. The highest BCUT2D eigenvalue weighted by atomic mass is 16.5. The molecule has 2 N–H and O–H groups in total. The summed E-state index contributed by atoms with van der Waals surface area (Å²) in [4.78, 5) is 26.2. The molecule has 0 saturated carbocycles. The van der Waals surface area contributed by atoms with Gasteiger partial charge in [0.15, 0.2) is 5.82 Å². The molecule has 3 aromatic rings. The summed E-state index contributed by atoms with van der Waals surface area (Å²) >= 11 is 0. The molecule has 8 nitrogen and oxygen atoms in total. The highest BCUT2D eigenvalue weighted by Crippen LogP contribution is 2.34. The Kier molecular flexibility index (Phi) is 8.75. The zero-order valence-electron chi connectivity index (χ0n) is 24.2. The van der Waals surface area contributed by atoms with E-state index < -0.39 is 0 Å². The van der Waals surface area contributed by atoms with E-state index in [1.807, 2.05) is 31.2 Å². The second-order valence-corrected chi connectivity index (χ2v) is 10.8. The van der Waals surface area contributed by atoms with Crippen molar-refractivity contribution in [3.05, 3.63) is 64.8 Å². The second-order valence-electron chi connectivity index (χ2n) is 10.8. The van der Waals surface area contributed by atoms with Crippen molar-refractivity contribution < 1.29 is 14.3 Å². The van der Waals surface area contributed by atoms with E-state index in [9.17, 15) is 4.79 Å². The van der Waals surface area contributed by atoms with E-state index in [2.05, 4.69) is 62.6 Å². The van der Waals surface area contributed by atoms with Crippen LogP contribution in [0.5, 0.6) is 11.5 Å². The first-order valence-corrected chi connectivity index (χ1v) is 13.6. The standard InChI is InChI=1S/C31H41N5O3/c1-19(2)24-13-12-20(3)28(14-24)39-18-26-23(6)33-30(25-10-8-9-11-27(25)38-7)34-31(26)36-16-21(4)35(15-22(36)5)17-29(32)37/h8-14,19,21-22H,15-18H2,1-7H3,(H2,32,37). The SMILES string of the molecule is COc1ccccc1-c1nc(C)c(COc2cc(C(C)C)ccc2C)c(N2CC(C)N(CC(N)=O)CC2C)n1. The minimum Gasteiger partial charge on any atom is -0.496 e. The molecule has 2 unspecified atom stereocenters. The lowest BCUT2D eigenvalue weighted by Gasteiger charge is -2.45. The molecule has 1 aliphatic rings. The summed E-state index contributed by atoms with van der Waals surface area (Å²) < 4.78 is 12.1. The molecule has 2 heterocycles. The zero-order chi connectivity index (χ0) is 28.3. The Balaban J connectivity index is 1.76. The Morgan fingerprint density at radius 1 is 1.05 bits per heavy atom. The summed E-state index contributed by atoms with van der Waals surface area (Å²) in [5.41, 5.74) is 10.5. The Labute approximate surface area is 232 Å². The van der Waals surface area contributed by atoms with Gasteiger partial charge >= 0.3 is 0 Å². The maximum Gasteiger partial charge on any atom is 0.231 e. The third-order valence-corrected chi connectivity index (χ3v) is 7.54. The van der Waals surface area contributed by atoms with Crippen LogP contribution in [0.3, 0.4) is 0 Å². The Morgan fingerprint density at radius 3 is 2.49 bits per heavy atom. The van der Waals surface area contributed by atoms with Crippen molar-refractivity contribution in [2.75, 3.05) is 31.6 Å². The number of primary amides is 1. The van der Waals surface area contributed by atoms with Gasteiger partial charge in [0.05, 0.1) is 30.5 Å². The first kappa shape index (κ1) is 28.4. The van der Waals surface area contributed by atoms with Crippen LogP contribution in [0.4, 0.5) is 5.82 Å². The van der Waals surface area contributed by atoms with Crippen molar-refractivity contribution in [1.82, 2.24) is 14.9 Å². The van der Waals surface area contributed by atoms with Gasteiger partial charge in [-0.05, 0) is 62.9 Å². The molecule has 208 valence electrons. The van der Waals surface area contributed by atoms with E-state index in [4.69, 9.17) is 25.2 Å². The summed E-state index contributed by atoms with van der Waals surface area (Å²) in [5, 5.41) is 0. The maximum atomic E-state index is 11.7. The summed E-state index contributed by atoms with van der Waals surface area (Å²) in [6, 6.07) is 14.4. The number of hydrogen-bond acceptors (Lipinski definition) is 7.